The fourth-order valence-electron chi connectivity index (χ4n) is 1.68. The highest BCUT2D eigenvalue weighted by molar-refractivity contribution is 7.09. The van der Waals surface area contributed by atoms with Crippen LogP contribution in [0.3, 0.4) is 0 Å². The van der Waals surface area contributed by atoms with Gasteiger partial charge in [-0.25, -0.2) is 4.98 Å². The molecule has 0 aliphatic heterocycles. The van der Waals surface area contributed by atoms with Crippen LogP contribution in [0, 0.1) is 0 Å². The number of nitrogens with zero attached hydrogens (tertiary/aromatic N) is 2. The SMILES string of the molecule is COC(=O)CCCN(C)Cc1csc(C(C)(C)C)n1. The number of hydrogen-bond acceptors (Lipinski definition) is 5. The van der Waals surface area contributed by atoms with E-state index in [0.29, 0.717) is 6.42 Å². The van der Waals surface area contributed by atoms with E-state index in [1.54, 1.807) is 11.3 Å². The lowest BCUT2D eigenvalue weighted by Gasteiger charge is -2.16. The predicted molar refractivity (Wildman–Crippen MR) is 78.4 cm³/mol. The average Bonchev–Trinajstić information content (AvgIpc) is 2.77. The molecule has 0 bridgehead atoms. The zero-order chi connectivity index (χ0) is 14.5. The summed E-state index contributed by atoms with van der Waals surface area (Å²) in [7, 11) is 3.47. The highest BCUT2D eigenvalue weighted by Gasteiger charge is 2.18. The molecule has 0 spiro atoms. The van der Waals surface area contributed by atoms with Gasteiger partial charge in [0.15, 0.2) is 0 Å². The minimum atomic E-state index is -0.142. The number of carbonyl (C=O) groups excluding carboxylic acids is 1. The van der Waals surface area contributed by atoms with Crippen molar-refractivity contribution in [1.29, 1.82) is 0 Å². The average molecular weight is 284 g/mol. The summed E-state index contributed by atoms with van der Waals surface area (Å²) in [5.41, 5.74) is 1.22. The zero-order valence-electron chi connectivity index (χ0n) is 12.5. The molecule has 0 saturated heterocycles. The summed E-state index contributed by atoms with van der Waals surface area (Å²) in [5, 5.41) is 3.29. The molecule has 19 heavy (non-hydrogen) atoms. The van der Waals surface area contributed by atoms with E-state index in [1.807, 2.05) is 7.05 Å². The third-order valence-electron chi connectivity index (χ3n) is 2.77. The van der Waals surface area contributed by atoms with Gasteiger partial charge in [0.2, 0.25) is 0 Å². The standard InChI is InChI=1S/C14H24N2O2S/c1-14(2,3)13-15-11(10-19-13)9-16(4)8-6-7-12(17)18-5/h10H,6-9H2,1-5H3. The lowest BCUT2D eigenvalue weighted by Crippen LogP contribution is -2.20. The van der Waals surface area contributed by atoms with Crippen LogP contribution < -0.4 is 0 Å². The number of aromatic nitrogens is 1. The Hall–Kier alpha value is -0.940. The molecule has 1 rings (SSSR count). The van der Waals surface area contributed by atoms with Crippen LogP contribution in [-0.4, -0.2) is 36.6 Å². The van der Waals surface area contributed by atoms with Gasteiger partial charge < -0.3 is 9.64 Å². The van der Waals surface area contributed by atoms with Gasteiger partial charge in [-0.1, -0.05) is 20.8 Å². The normalized spacial score (nSPS) is 11.9. The second kappa shape index (κ2) is 7.01. The van der Waals surface area contributed by atoms with Crippen molar-refractivity contribution in [2.45, 2.75) is 45.6 Å². The summed E-state index contributed by atoms with van der Waals surface area (Å²) < 4.78 is 4.62. The number of rotatable bonds is 6. The molecule has 0 aromatic carbocycles. The molecule has 0 N–H and O–H groups in total. The molecule has 0 unspecified atom stereocenters. The van der Waals surface area contributed by atoms with Gasteiger partial charge in [0.05, 0.1) is 17.8 Å². The highest BCUT2D eigenvalue weighted by Crippen LogP contribution is 2.25. The number of esters is 1. The van der Waals surface area contributed by atoms with Gasteiger partial charge >= 0.3 is 5.97 Å². The third kappa shape index (κ3) is 5.70. The molecule has 1 heterocycles. The van der Waals surface area contributed by atoms with Gasteiger partial charge in [0, 0.05) is 23.8 Å². The Kier molecular flexibility index (Phi) is 5.94. The number of methoxy groups -OCH3 is 1. The van der Waals surface area contributed by atoms with Crippen LogP contribution in [0.5, 0.6) is 0 Å². The first kappa shape index (κ1) is 16.1. The van der Waals surface area contributed by atoms with E-state index in [-0.39, 0.29) is 11.4 Å². The predicted octanol–water partition coefficient (Wildman–Crippen LogP) is 2.83. The molecule has 1 aromatic rings. The summed E-state index contributed by atoms with van der Waals surface area (Å²) in [6, 6.07) is 0. The van der Waals surface area contributed by atoms with Crippen molar-refractivity contribution in [3.8, 4) is 0 Å². The fourth-order valence-corrected chi connectivity index (χ4v) is 2.57. The molecule has 0 amide bonds. The molecule has 0 atom stereocenters. The molecule has 0 aliphatic carbocycles. The minimum absolute atomic E-state index is 0.117. The molecule has 0 saturated carbocycles. The van der Waals surface area contributed by atoms with Gasteiger partial charge in [-0.2, -0.15) is 0 Å². The van der Waals surface area contributed by atoms with Crippen LogP contribution in [0.1, 0.15) is 44.3 Å². The van der Waals surface area contributed by atoms with Crippen LogP contribution in [0.4, 0.5) is 0 Å². The lowest BCUT2D eigenvalue weighted by atomic mass is 9.98. The summed E-state index contributed by atoms with van der Waals surface area (Å²) in [5.74, 6) is -0.142. The van der Waals surface area contributed by atoms with Crippen LogP contribution in [0.15, 0.2) is 5.38 Å². The molecule has 5 heteroatoms. The molecular formula is C14H24N2O2S. The first-order chi connectivity index (χ1) is 8.82. The number of hydrogen-bond donors (Lipinski definition) is 0. The molecular weight excluding hydrogens is 260 g/mol. The fraction of sp³-hybridized carbons (Fsp3) is 0.714. The highest BCUT2D eigenvalue weighted by atomic mass is 32.1. The maximum Gasteiger partial charge on any atom is 0.305 e. The Morgan fingerprint density at radius 3 is 2.68 bits per heavy atom. The summed E-state index contributed by atoms with van der Waals surface area (Å²) in [6.07, 6.45) is 1.30. The van der Waals surface area contributed by atoms with Gasteiger partial charge in [-0.05, 0) is 20.0 Å². The number of thiazole rings is 1. The second-order valence-electron chi connectivity index (χ2n) is 5.81. The molecule has 108 valence electrons. The van der Waals surface area contributed by atoms with Crippen LogP contribution >= 0.6 is 11.3 Å². The van der Waals surface area contributed by atoms with Crippen molar-refractivity contribution in [3.05, 3.63) is 16.1 Å². The van der Waals surface area contributed by atoms with Gasteiger partial charge in [0.1, 0.15) is 0 Å². The van der Waals surface area contributed by atoms with Crippen LogP contribution in [-0.2, 0) is 21.5 Å². The van der Waals surface area contributed by atoms with Crippen molar-refractivity contribution in [2.75, 3.05) is 20.7 Å². The number of carbonyl (C=O) groups is 1. The van der Waals surface area contributed by atoms with Gasteiger partial charge in [-0.3, -0.25) is 4.79 Å². The summed E-state index contributed by atoms with van der Waals surface area (Å²) in [6.45, 7) is 8.23. The van der Waals surface area contributed by atoms with E-state index >= 15 is 0 Å². The Morgan fingerprint density at radius 1 is 1.47 bits per heavy atom. The van der Waals surface area contributed by atoms with Crippen LogP contribution in [0.25, 0.3) is 0 Å². The van der Waals surface area contributed by atoms with E-state index in [4.69, 9.17) is 0 Å². The van der Waals surface area contributed by atoms with Crippen molar-refractivity contribution in [1.82, 2.24) is 9.88 Å². The van der Waals surface area contributed by atoms with Crippen molar-refractivity contribution in [2.24, 2.45) is 0 Å². The Bertz CT molecular complexity index is 410. The topological polar surface area (TPSA) is 42.4 Å². The lowest BCUT2D eigenvalue weighted by molar-refractivity contribution is -0.140. The Balaban J connectivity index is 2.38. The van der Waals surface area contributed by atoms with E-state index in [1.165, 1.54) is 12.1 Å². The second-order valence-corrected chi connectivity index (χ2v) is 6.67. The Labute approximate surface area is 119 Å². The molecule has 0 aliphatic rings. The van der Waals surface area contributed by atoms with Crippen LogP contribution in [0.2, 0.25) is 0 Å². The first-order valence-electron chi connectivity index (χ1n) is 6.53. The van der Waals surface area contributed by atoms with Gasteiger partial charge in [0.25, 0.3) is 0 Å². The summed E-state index contributed by atoms with van der Waals surface area (Å²) in [4.78, 5) is 17.9. The third-order valence-corrected chi connectivity index (χ3v) is 4.09. The van der Waals surface area contributed by atoms with E-state index < -0.39 is 0 Å². The van der Waals surface area contributed by atoms with E-state index in [2.05, 4.69) is 40.8 Å². The minimum Gasteiger partial charge on any atom is -0.469 e. The monoisotopic (exact) mass is 284 g/mol. The first-order valence-corrected chi connectivity index (χ1v) is 7.41. The maximum atomic E-state index is 11.0. The van der Waals surface area contributed by atoms with Crippen molar-refractivity contribution >= 4 is 17.3 Å². The molecule has 0 fully saturated rings. The largest absolute Gasteiger partial charge is 0.469 e. The zero-order valence-corrected chi connectivity index (χ0v) is 13.3. The maximum absolute atomic E-state index is 11.0. The van der Waals surface area contributed by atoms with E-state index in [0.717, 1.165) is 25.2 Å². The van der Waals surface area contributed by atoms with Crippen molar-refractivity contribution < 1.29 is 9.53 Å². The molecule has 1 aromatic heterocycles. The number of ether oxygens (including phenoxy) is 1. The van der Waals surface area contributed by atoms with Gasteiger partial charge in [-0.15, -0.1) is 11.3 Å². The van der Waals surface area contributed by atoms with E-state index in [9.17, 15) is 4.79 Å². The smallest absolute Gasteiger partial charge is 0.305 e. The quantitative estimate of drug-likeness (QED) is 0.753. The Morgan fingerprint density at radius 2 is 2.16 bits per heavy atom. The molecule has 0 radical (unpaired) electrons. The summed E-state index contributed by atoms with van der Waals surface area (Å²) >= 11 is 1.72. The van der Waals surface area contributed by atoms with Crippen molar-refractivity contribution in [3.63, 3.8) is 0 Å². The molecule has 4 nitrogen and oxygen atoms in total.